The molecule has 0 spiro atoms. The fourth-order valence-electron chi connectivity index (χ4n) is 2.36. The molecular weight excluding hydrogens is 191 g/mol. The van der Waals surface area contributed by atoms with Crippen LogP contribution in [0.4, 0.5) is 4.39 Å². The van der Waals surface area contributed by atoms with Crippen molar-refractivity contribution >= 4 is 0 Å². The Balaban J connectivity index is 2.18. The first-order valence-corrected chi connectivity index (χ1v) is 6.08. The fourth-order valence-corrected chi connectivity index (χ4v) is 2.36. The van der Waals surface area contributed by atoms with E-state index in [1.807, 2.05) is 7.05 Å². The van der Waals surface area contributed by atoms with Crippen molar-refractivity contribution in [1.29, 1.82) is 0 Å². The molecular formula is C12H25FN2. The molecule has 0 unspecified atom stereocenters. The average molecular weight is 216 g/mol. The summed E-state index contributed by atoms with van der Waals surface area (Å²) in [6.07, 6.45) is 2.47. The highest BCUT2D eigenvalue weighted by Crippen LogP contribution is 2.18. The maximum absolute atomic E-state index is 12.3. The van der Waals surface area contributed by atoms with Crippen LogP contribution < -0.4 is 0 Å². The fraction of sp³-hybridized carbons (Fsp3) is 1.00. The van der Waals surface area contributed by atoms with E-state index in [0.717, 1.165) is 12.5 Å². The molecule has 0 radical (unpaired) electrons. The van der Waals surface area contributed by atoms with Crippen molar-refractivity contribution in [1.82, 2.24) is 9.80 Å². The van der Waals surface area contributed by atoms with E-state index in [4.69, 9.17) is 0 Å². The molecule has 0 bridgehead atoms. The van der Waals surface area contributed by atoms with Gasteiger partial charge in [-0.25, -0.2) is 4.39 Å². The van der Waals surface area contributed by atoms with Gasteiger partial charge >= 0.3 is 0 Å². The summed E-state index contributed by atoms with van der Waals surface area (Å²) in [6.45, 7) is 8.75. The van der Waals surface area contributed by atoms with E-state index < -0.39 is 0 Å². The summed E-state index contributed by atoms with van der Waals surface area (Å²) >= 11 is 0. The summed E-state index contributed by atoms with van der Waals surface area (Å²) in [7, 11) is 1.86. The first kappa shape index (κ1) is 12.9. The van der Waals surface area contributed by atoms with E-state index >= 15 is 0 Å². The van der Waals surface area contributed by atoms with E-state index in [-0.39, 0.29) is 6.80 Å². The molecule has 1 saturated heterocycles. The second-order valence-corrected chi connectivity index (χ2v) is 5.30. The summed E-state index contributed by atoms with van der Waals surface area (Å²) < 4.78 is 12.3. The Morgan fingerprint density at radius 2 is 1.93 bits per heavy atom. The van der Waals surface area contributed by atoms with Gasteiger partial charge in [-0.1, -0.05) is 13.8 Å². The summed E-state index contributed by atoms with van der Waals surface area (Å²) in [5, 5.41) is 0. The molecule has 0 aromatic heterocycles. The molecule has 90 valence electrons. The highest BCUT2D eigenvalue weighted by molar-refractivity contribution is 4.74. The minimum absolute atomic E-state index is 0.313. The van der Waals surface area contributed by atoms with Gasteiger partial charge in [-0.15, -0.1) is 0 Å². The van der Waals surface area contributed by atoms with E-state index in [9.17, 15) is 4.39 Å². The van der Waals surface area contributed by atoms with Gasteiger partial charge < -0.3 is 4.90 Å². The lowest BCUT2D eigenvalue weighted by molar-refractivity contribution is 0.126. The number of hydrogen-bond donors (Lipinski definition) is 0. The molecule has 1 aliphatic rings. The zero-order chi connectivity index (χ0) is 11.3. The van der Waals surface area contributed by atoms with Gasteiger partial charge in [0.05, 0.1) is 0 Å². The first-order chi connectivity index (χ1) is 7.11. The van der Waals surface area contributed by atoms with Gasteiger partial charge in [-0.3, -0.25) is 4.90 Å². The van der Waals surface area contributed by atoms with E-state index in [0.29, 0.717) is 5.92 Å². The van der Waals surface area contributed by atoms with Crippen molar-refractivity contribution in [2.45, 2.75) is 26.7 Å². The van der Waals surface area contributed by atoms with Crippen LogP contribution >= 0.6 is 0 Å². The van der Waals surface area contributed by atoms with Crippen LogP contribution in [0.2, 0.25) is 0 Å². The Hall–Kier alpha value is -0.150. The summed E-state index contributed by atoms with van der Waals surface area (Å²) in [5.41, 5.74) is 0. The monoisotopic (exact) mass is 216 g/mol. The minimum Gasteiger partial charge on any atom is -0.303 e. The molecule has 1 rings (SSSR count). The second kappa shape index (κ2) is 6.44. The van der Waals surface area contributed by atoms with Gasteiger partial charge in [0, 0.05) is 13.1 Å². The largest absolute Gasteiger partial charge is 0.303 e. The van der Waals surface area contributed by atoms with Crippen LogP contribution in [-0.2, 0) is 0 Å². The minimum atomic E-state index is -0.313. The van der Waals surface area contributed by atoms with Crippen LogP contribution in [0, 0.1) is 11.8 Å². The lowest BCUT2D eigenvalue weighted by atomic mass is 9.96. The molecule has 0 amide bonds. The van der Waals surface area contributed by atoms with Gasteiger partial charge in [-0.05, 0) is 44.8 Å². The lowest BCUT2D eigenvalue weighted by Gasteiger charge is -2.34. The molecule has 0 aromatic carbocycles. The second-order valence-electron chi connectivity index (χ2n) is 5.30. The molecule has 2 nitrogen and oxygen atoms in total. The maximum Gasteiger partial charge on any atom is 0.142 e. The van der Waals surface area contributed by atoms with E-state index in [1.54, 1.807) is 4.90 Å². The lowest BCUT2D eigenvalue weighted by Crippen LogP contribution is -2.39. The third-order valence-corrected chi connectivity index (χ3v) is 3.10. The number of alkyl halides is 1. The topological polar surface area (TPSA) is 6.48 Å². The predicted molar refractivity (Wildman–Crippen MR) is 62.6 cm³/mol. The Morgan fingerprint density at radius 3 is 2.40 bits per heavy atom. The van der Waals surface area contributed by atoms with Crippen LogP contribution in [0.15, 0.2) is 0 Å². The smallest absolute Gasteiger partial charge is 0.142 e. The number of halogens is 1. The number of likely N-dealkylation sites (tertiary alicyclic amines) is 1. The van der Waals surface area contributed by atoms with Crippen molar-refractivity contribution in [3.8, 4) is 0 Å². The highest BCUT2D eigenvalue weighted by Gasteiger charge is 2.20. The number of hydrogen-bond acceptors (Lipinski definition) is 2. The van der Waals surface area contributed by atoms with Crippen LogP contribution in [0.1, 0.15) is 26.7 Å². The number of rotatable bonds is 5. The Labute approximate surface area is 93.4 Å². The quantitative estimate of drug-likeness (QED) is 0.650. The third kappa shape index (κ3) is 4.94. The van der Waals surface area contributed by atoms with Gasteiger partial charge in [0.2, 0.25) is 0 Å². The zero-order valence-electron chi connectivity index (χ0n) is 10.4. The average Bonchev–Trinajstić information content (AvgIpc) is 2.20. The standard InChI is InChI=1S/C12H25FN2/c1-11(2)8-15-6-4-12(5-7-15)9-14(3)10-13/h11-12H,4-10H2,1-3H3. The number of nitrogens with zero attached hydrogens (tertiary/aromatic N) is 2. The summed E-state index contributed by atoms with van der Waals surface area (Å²) in [5.74, 6) is 1.46. The Bertz CT molecular complexity index is 165. The molecule has 1 heterocycles. The van der Waals surface area contributed by atoms with Gasteiger partial charge in [0.15, 0.2) is 0 Å². The first-order valence-electron chi connectivity index (χ1n) is 6.08. The Kier molecular flexibility index (Phi) is 5.54. The van der Waals surface area contributed by atoms with Crippen LogP contribution in [0.25, 0.3) is 0 Å². The van der Waals surface area contributed by atoms with E-state index in [2.05, 4.69) is 18.7 Å². The van der Waals surface area contributed by atoms with Gasteiger partial charge in [0.25, 0.3) is 0 Å². The molecule has 0 aliphatic carbocycles. The molecule has 3 heteroatoms. The third-order valence-electron chi connectivity index (χ3n) is 3.10. The normalized spacial score (nSPS) is 20.4. The molecule has 0 aromatic rings. The van der Waals surface area contributed by atoms with E-state index in [1.165, 1.54) is 32.5 Å². The summed E-state index contributed by atoms with van der Waals surface area (Å²) in [6, 6.07) is 0. The van der Waals surface area contributed by atoms with Gasteiger partial charge in [0.1, 0.15) is 6.80 Å². The zero-order valence-corrected chi connectivity index (χ0v) is 10.4. The molecule has 0 N–H and O–H groups in total. The molecule has 0 saturated carbocycles. The predicted octanol–water partition coefficient (Wildman–Crippen LogP) is 2.21. The van der Waals surface area contributed by atoms with Crippen LogP contribution in [0.3, 0.4) is 0 Å². The maximum atomic E-state index is 12.3. The Morgan fingerprint density at radius 1 is 1.33 bits per heavy atom. The highest BCUT2D eigenvalue weighted by atomic mass is 19.1. The summed E-state index contributed by atoms with van der Waals surface area (Å²) in [4.78, 5) is 4.32. The van der Waals surface area contributed by atoms with Crippen molar-refractivity contribution in [2.75, 3.05) is 40.0 Å². The van der Waals surface area contributed by atoms with Crippen LogP contribution in [0.5, 0.6) is 0 Å². The van der Waals surface area contributed by atoms with Crippen molar-refractivity contribution in [2.24, 2.45) is 11.8 Å². The van der Waals surface area contributed by atoms with Crippen molar-refractivity contribution < 1.29 is 4.39 Å². The van der Waals surface area contributed by atoms with Gasteiger partial charge in [-0.2, -0.15) is 0 Å². The molecule has 1 aliphatic heterocycles. The van der Waals surface area contributed by atoms with Crippen LogP contribution in [-0.4, -0.2) is 49.8 Å². The molecule has 0 atom stereocenters. The molecule has 1 fully saturated rings. The van der Waals surface area contributed by atoms with Crippen molar-refractivity contribution in [3.63, 3.8) is 0 Å². The SMILES string of the molecule is CC(C)CN1CCC(CN(C)CF)CC1. The molecule has 15 heavy (non-hydrogen) atoms. The van der Waals surface area contributed by atoms with Crippen molar-refractivity contribution in [3.05, 3.63) is 0 Å². The number of piperidine rings is 1.